The molecule has 268 valence electrons. The molecule has 0 aliphatic carbocycles. The van der Waals surface area contributed by atoms with Crippen LogP contribution in [-0.4, -0.2) is 51.7 Å². The van der Waals surface area contributed by atoms with Crippen molar-refractivity contribution in [3.8, 4) is 0 Å². The summed E-state index contributed by atoms with van der Waals surface area (Å²) < 4.78 is 20.4. The summed E-state index contributed by atoms with van der Waals surface area (Å²) in [6, 6.07) is 0. The number of allylic oxidation sites excluding steroid dienone is 1. The Morgan fingerprint density at radius 3 is 2.11 bits per heavy atom. The average Bonchev–Trinajstić information content (AvgIpc) is 3.33. The van der Waals surface area contributed by atoms with E-state index in [1.54, 1.807) is 11.3 Å². The molecular formula is C38H67NO5SSi2. The monoisotopic (exact) mass is 705 g/mol. The SMILES string of the molecule is C/C(=C\c1csc(C)n1)[C@@H]1C/C=C/CCC[C@H](C)[C@H](O[Si](C)(C)C(C)(C)C)[C@@H](C)C(=O)C(C)(C)[C@@H](O[Si](C)(C)C(C)(C)C)CC(=O)O1. The van der Waals surface area contributed by atoms with E-state index < -0.39 is 34.3 Å². The Hall–Kier alpha value is -1.40. The number of aryl methyl sites for hydroxylation is 1. The molecular weight excluding hydrogens is 639 g/mol. The molecule has 0 radical (unpaired) electrons. The first-order chi connectivity index (χ1) is 21.3. The van der Waals surface area contributed by atoms with Crippen molar-refractivity contribution in [1.29, 1.82) is 0 Å². The van der Waals surface area contributed by atoms with Crippen molar-refractivity contribution in [2.45, 2.75) is 170 Å². The fourth-order valence-corrected chi connectivity index (χ4v) is 9.10. The number of hydrogen-bond acceptors (Lipinski definition) is 7. The lowest BCUT2D eigenvalue weighted by Crippen LogP contribution is -2.54. The van der Waals surface area contributed by atoms with Crippen LogP contribution in [0.1, 0.15) is 119 Å². The number of esters is 1. The highest BCUT2D eigenvalue weighted by Crippen LogP contribution is 2.44. The standard InChI is InChI=1S/C38H67NO5SSi2/c1-26-21-19-17-18-20-22-31(27(2)23-30-25-45-29(4)39-30)42-33(40)24-32(43-46(13,14)36(5,6)7)38(11,12)35(41)28(3)34(26)44-47(15,16)37(8,9)10/h18,20,23,25-26,28,31-32,34H,17,19,21-22,24H2,1-16H3/b20-18+,27-23+/t26-,28+,31-,32-,34-/m0/s1. The molecule has 0 spiro atoms. The van der Waals surface area contributed by atoms with Crippen LogP contribution in [0.25, 0.3) is 6.08 Å². The van der Waals surface area contributed by atoms with Gasteiger partial charge in [0.2, 0.25) is 0 Å². The molecule has 6 nitrogen and oxygen atoms in total. The molecule has 0 saturated heterocycles. The third-order valence-corrected chi connectivity index (χ3v) is 20.8. The summed E-state index contributed by atoms with van der Waals surface area (Å²) in [6.07, 6.45) is 8.53. The lowest BCUT2D eigenvalue weighted by molar-refractivity contribution is -0.153. The molecule has 1 aliphatic rings. The largest absolute Gasteiger partial charge is 0.457 e. The summed E-state index contributed by atoms with van der Waals surface area (Å²) in [7, 11) is -4.57. The molecule has 0 bridgehead atoms. The van der Waals surface area contributed by atoms with E-state index in [4.69, 9.17) is 13.6 Å². The van der Waals surface area contributed by atoms with Gasteiger partial charge < -0.3 is 13.6 Å². The zero-order chi connectivity index (χ0) is 36.2. The van der Waals surface area contributed by atoms with Gasteiger partial charge in [0, 0.05) is 23.1 Å². The van der Waals surface area contributed by atoms with Gasteiger partial charge in [0.1, 0.15) is 11.9 Å². The number of Topliss-reactive ketones (excluding diaryl/α,β-unsaturated/α-hetero) is 1. The molecule has 5 atom stereocenters. The lowest BCUT2D eigenvalue weighted by atomic mass is 9.73. The summed E-state index contributed by atoms with van der Waals surface area (Å²) in [5.41, 5.74) is 0.873. The second-order valence-electron chi connectivity index (χ2n) is 17.6. The Bertz CT molecular complexity index is 1270. The molecule has 9 heteroatoms. The van der Waals surface area contributed by atoms with E-state index >= 15 is 0 Å². The highest BCUT2D eigenvalue weighted by atomic mass is 32.1. The molecule has 1 aromatic heterocycles. The maximum absolute atomic E-state index is 14.8. The minimum atomic E-state index is -2.38. The number of nitrogens with zero attached hydrogens (tertiary/aromatic N) is 1. The lowest BCUT2D eigenvalue weighted by Gasteiger charge is -2.46. The zero-order valence-corrected chi connectivity index (χ0v) is 35.4. The first-order valence-electron chi connectivity index (χ1n) is 17.6. The molecule has 47 heavy (non-hydrogen) atoms. The normalized spacial score (nSPS) is 27.4. The quantitative estimate of drug-likeness (QED) is 0.167. The molecule has 0 fully saturated rings. The topological polar surface area (TPSA) is 74.7 Å². The summed E-state index contributed by atoms with van der Waals surface area (Å²) >= 11 is 1.60. The summed E-state index contributed by atoms with van der Waals surface area (Å²) in [6.45, 7) is 34.4. The first kappa shape index (κ1) is 41.8. The van der Waals surface area contributed by atoms with Crippen LogP contribution in [0.5, 0.6) is 0 Å². The van der Waals surface area contributed by atoms with Gasteiger partial charge in [-0.15, -0.1) is 11.3 Å². The second-order valence-corrected chi connectivity index (χ2v) is 28.1. The van der Waals surface area contributed by atoms with Gasteiger partial charge in [-0.1, -0.05) is 81.4 Å². The number of carbonyl (C=O) groups is 2. The van der Waals surface area contributed by atoms with Crippen molar-refractivity contribution in [2.24, 2.45) is 17.3 Å². The summed E-state index contributed by atoms with van der Waals surface area (Å²) in [4.78, 5) is 33.3. The smallest absolute Gasteiger partial charge is 0.309 e. The van der Waals surface area contributed by atoms with E-state index in [0.29, 0.717) is 6.42 Å². The van der Waals surface area contributed by atoms with Crippen molar-refractivity contribution in [3.05, 3.63) is 33.8 Å². The average molecular weight is 706 g/mol. The van der Waals surface area contributed by atoms with Crippen LogP contribution >= 0.6 is 11.3 Å². The van der Waals surface area contributed by atoms with E-state index in [1.807, 2.05) is 46.1 Å². The van der Waals surface area contributed by atoms with Crippen LogP contribution in [0, 0.1) is 24.2 Å². The third-order valence-electron chi connectivity index (χ3n) is 11.1. The molecule has 0 unspecified atom stereocenters. The third kappa shape index (κ3) is 11.3. The van der Waals surface area contributed by atoms with Gasteiger partial charge in [-0.3, -0.25) is 9.59 Å². The van der Waals surface area contributed by atoms with Crippen LogP contribution in [0.4, 0.5) is 0 Å². The van der Waals surface area contributed by atoms with Crippen LogP contribution in [0.3, 0.4) is 0 Å². The zero-order valence-electron chi connectivity index (χ0n) is 32.6. The van der Waals surface area contributed by atoms with Crippen LogP contribution in [0.15, 0.2) is 23.1 Å². The number of ketones is 1. The second kappa shape index (κ2) is 16.1. The molecule has 0 N–H and O–H groups in total. The fourth-order valence-electron chi connectivity index (χ4n) is 5.62. The minimum absolute atomic E-state index is 0.00455. The number of rotatable bonds is 6. The van der Waals surface area contributed by atoms with E-state index in [1.165, 1.54) is 0 Å². The van der Waals surface area contributed by atoms with E-state index in [2.05, 4.69) is 91.8 Å². The van der Waals surface area contributed by atoms with Gasteiger partial charge in [-0.2, -0.15) is 0 Å². The number of thiazole rings is 1. The van der Waals surface area contributed by atoms with Crippen molar-refractivity contribution in [2.75, 3.05) is 0 Å². The van der Waals surface area contributed by atoms with Gasteiger partial charge in [-0.05, 0) is 86.9 Å². The predicted molar refractivity (Wildman–Crippen MR) is 204 cm³/mol. The summed E-state index contributed by atoms with van der Waals surface area (Å²) in [5, 5.41) is 2.94. The molecule has 2 rings (SSSR count). The summed E-state index contributed by atoms with van der Waals surface area (Å²) in [5.74, 6) is -0.427. The number of ether oxygens (including phenoxy) is 1. The minimum Gasteiger partial charge on any atom is -0.457 e. The number of aromatic nitrogens is 1. The van der Waals surface area contributed by atoms with E-state index in [-0.39, 0.29) is 46.2 Å². The molecule has 0 saturated carbocycles. The Morgan fingerprint density at radius 1 is 1.00 bits per heavy atom. The fraction of sp³-hybridized carbons (Fsp3) is 0.763. The maximum atomic E-state index is 14.8. The van der Waals surface area contributed by atoms with Gasteiger partial charge in [0.25, 0.3) is 0 Å². The Labute approximate surface area is 293 Å². The van der Waals surface area contributed by atoms with Crippen LogP contribution < -0.4 is 0 Å². The molecule has 2 heterocycles. The Morgan fingerprint density at radius 2 is 1.57 bits per heavy atom. The van der Waals surface area contributed by atoms with Gasteiger partial charge in [-0.25, -0.2) is 4.98 Å². The Kier molecular flexibility index (Phi) is 14.3. The van der Waals surface area contributed by atoms with Gasteiger partial charge in [0.05, 0.1) is 29.3 Å². The van der Waals surface area contributed by atoms with Gasteiger partial charge >= 0.3 is 5.97 Å². The van der Waals surface area contributed by atoms with Gasteiger partial charge in [0.15, 0.2) is 16.6 Å². The number of hydrogen-bond donors (Lipinski definition) is 0. The van der Waals surface area contributed by atoms with E-state index in [9.17, 15) is 9.59 Å². The maximum Gasteiger partial charge on any atom is 0.309 e. The van der Waals surface area contributed by atoms with E-state index in [0.717, 1.165) is 35.5 Å². The van der Waals surface area contributed by atoms with Crippen LogP contribution in [0.2, 0.25) is 36.3 Å². The molecule has 1 aromatic rings. The Balaban J connectivity index is 2.62. The van der Waals surface area contributed by atoms with Crippen molar-refractivity contribution in [3.63, 3.8) is 0 Å². The van der Waals surface area contributed by atoms with Crippen molar-refractivity contribution < 1.29 is 23.2 Å². The first-order valence-corrected chi connectivity index (χ1v) is 24.3. The number of cyclic esters (lactones) is 1. The van der Waals surface area contributed by atoms with Crippen molar-refractivity contribution in [1.82, 2.24) is 4.98 Å². The highest BCUT2D eigenvalue weighted by molar-refractivity contribution is 7.09. The highest BCUT2D eigenvalue weighted by Gasteiger charge is 2.50. The molecule has 1 aliphatic heterocycles. The molecule has 0 aromatic carbocycles. The van der Waals surface area contributed by atoms with Crippen molar-refractivity contribution >= 4 is 45.8 Å². The molecule has 0 amide bonds. The number of carbonyl (C=O) groups excluding carboxylic acids is 2. The predicted octanol–water partition coefficient (Wildman–Crippen LogP) is 10.9. The van der Waals surface area contributed by atoms with Crippen LogP contribution in [-0.2, 0) is 23.2 Å².